The first-order chi connectivity index (χ1) is 5.74. The molecule has 0 atom stereocenters. The summed E-state index contributed by atoms with van der Waals surface area (Å²) >= 11 is 0. The predicted octanol–water partition coefficient (Wildman–Crippen LogP) is 3.01. The standard InChI is InChI=1S/C11H22O2/c1-8(2)7-11(5,6)13-10(12)9(3)4/h8-9H,7H2,1-6H3. The van der Waals surface area contributed by atoms with Crippen molar-refractivity contribution < 1.29 is 9.53 Å². The Balaban J connectivity index is 4.09. The second kappa shape index (κ2) is 4.64. The van der Waals surface area contributed by atoms with E-state index in [4.69, 9.17) is 4.74 Å². The monoisotopic (exact) mass is 186 g/mol. The van der Waals surface area contributed by atoms with Gasteiger partial charge in [-0.15, -0.1) is 0 Å². The highest BCUT2D eigenvalue weighted by molar-refractivity contribution is 5.71. The van der Waals surface area contributed by atoms with Gasteiger partial charge in [0.25, 0.3) is 0 Å². The summed E-state index contributed by atoms with van der Waals surface area (Å²) in [5, 5.41) is 0. The first-order valence-corrected chi connectivity index (χ1v) is 4.97. The van der Waals surface area contributed by atoms with Crippen LogP contribution in [0.25, 0.3) is 0 Å². The molecule has 13 heavy (non-hydrogen) atoms. The van der Waals surface area contributed by atoms with Crippen LogP contribution in [-0.2, 0) is 9.53 Å². The Morgan fingerprint density at radius 2 is 1.69 bits per heavy atom. The van der Waals surface area contributed by atoms with Crippen LogP contribution in [0.2, 0.25) is 0 Å². The summed E-state index contributed by atoms with van der Waals surface area (Å²) in [4.78, 5) is 11.3. The van der Waals surface area contributed by atoms with E-state index in [0.717, 1.165) is 6.42 Å². The molecule has 0 aromatic rings. The van der Waals surface area contributed by atoms with Crippen LogP contribution in [0.4, 0.5) is 0 Å². The molecular weight excluding hydrogens is 164 g/mol. The molecule has 0 unspecified atom stereocenters. The number of esters is 1. The molecule has 2 nitrogen and oxygen atoms in total. The minimum Gasteiger partial charge on any atom is -0.459 e. The summed E-state index contributed by atoms with van der Waals surface area (Å²) in [5.74, 6) is 0.409. The fourth-order valence-electron chi connectivity index (χ4n) is 1.41. The van der Waals surface area contributed by atoms with Crippen LogP contribution in [0.5, 0.6) is 0 Å². The maximum atomic E-state index is 11.3. The molecule has 0 spiro atoms. The number of hydrogen-bond acceptors (Lipinski definition) is 2. The number of carbonyl (C=O) groups is 1. The molecule has 0 aliphatic rings. The summed E-state index contributed by atoms with van der Waals surface area (Å²) in [7, 11) is 0. The molecule has 0 aliphatic heterocycles. The van der Waals surface area contributed by atoms with Gasteiger partial charge in [-0.25, -0.2) is 0 Å². The first-order valence-electron chi connectivity index (χ1n) is 4.97. The maximum Gasteiger partial charge on any atom is 0.308 e. The normalized spacial score (nSPS) is 12.3. The first kappa shape index (κ1) is 12.5. The molecule has 2 heteroatoms. The summed E-state index contributed by atoms with van der Waals surface area (Å²) in [6.45, 7) is 11.9. The van der Waals surface area contributed by atoms with Crippen molar-refractivity contribution in [3.05, 3.63) is 0 Å². The van der Waals surface area contributed by atoms with E-state index in [0.29, 0.717) is 5.92 Å². The number of carbonyl (C=O) groups excluding carboxylic acids is 1. The Bertz CT molecular complexity index is 169. The van der Waals surface area contributed by atoms with Crippen LogP contribution in [-0.4, -0.2) is 11.6 Å². The SMILES string of the molecule is CC(C)CC(C)(C)OC(=O)C(C)C. The van der Waals surface area contributed by atoms with Crippen molar-refractivity contribution in [2.75, 3.05) is 0 Å². The third kappa shape index (κ3) is 5.67. The lowest BCUT2D eigenvalue weighted by Crippen LogP contribution is -2.31. The summed E-state index contributed by atoms with van der Waals surface area (Å²) in [6, 6.07) is 0. The van der Waals surface area contributed by atoms with Gasteiger partial charge in [0.05, 0.1) is 5.92 Å². The Hall–Kier alpha value is -0.530. The van der Waals surface area contributed by atoms with Gasteiger partial charge in [-0.1, -0.05) is 27.7 Å². The van der Waals surface area contributed by atoms with Crippen LogP contribution in [0.3, 0.4) is 0 Å². The van der Waals surface area contributed by atoms with Crippen molar-refractivity contribution in [1.29, 1.82) is 0 Å². The molecule has 0 N–H and O–H groups in total. The van der Waals surface area contributed by atoms with Crippen molar-refractivity contribution in [2.24, 2.45) is 11.8 Å². The third-order valence-corrected chi connectivity index (χ3v) is 1.75. The van der Waals surface area contributed by atoms with E-state index >= 15 is 0 Å². The number of hydrogen-bond donors (Lipinski definition) is 0. The van der Waals surface area contributed by atoms with Crippen LogP contribution in [0, 0.1) is 11.8 Å². The molecule has 0 rings (SSSR count). The average molecular weight is 186 g/mol. The van der Waals surface area contributed by atoms with Crippen molar-refractivity contribution in [1.82, 2.24) is 0 Å². The summed E-state index contributed by atoms with van der Waals surface area (Å²) < 4.78 is 5.37. The quantitative estimate of drug-likeness (QED) is 0.631. The van der Waals surface area contributed by atoms with Crippen molar-refractivity contribution in [2.45, 2.75) is 53.6 Å². The lowest BCUT2D eigenvalue weighted by atomic mass is 9.96. The highest BCUT2D eigenvalue weighted by atomic mass is 16.6. The zero-order valence-corrected chi connectivity index (χ0v) is 9.68. The topological polar surface area (TPSA) is 26.3 Å². The van der Waals surface area contributed by atoms with Gasteiger partial charge in [-0.2, -0.15) is 0 Å². The molecule has 0 aromatic carbocycles. The number of rotatable bonds is 4. The minimum atomic E-state index is -0.324. The van der Waals surface area contributed by atoms with Gasteiger partial charge in [0.15, 0.2) is 0 Å². The molecule has 78 valence electrons. The van der Waals surface area contributed by atoms with Gasteiger partial charge in [0.2, 0.25) is 0 Å². The Morgan fingerprint density at radius 3 is 2.00 bits per heavy atom. The predicted molar refractivity (Wildman–Crippen MR) is 54.5 cm³/mol. The van der Waals surface area contributed by atoms with Gasteiger partial charge < -0.3 is 4.74 Å². The second-order valence-corrected chi connectivity index (χ2v) is 4.93. The number of ether oxygens (including phenoxy) is 1. The van der Waals surface area contributed by atoms with E-state index in [1.807, 2.05) is 27.7 Å². The van der Waals surface area contributed by atoms with E-state index in [2.05, 4.69) is 13.8 Å². The van der Waals surface area contributed by atoms with Crippen LogP contribution in [0.1, 0.15) is 48.0 Å². The van der Waals surface area contributed by atoms with E-state index in [-0.39, 0.29) is 17.5 Å². The average Bonchev–Trinajstić information content (AvgIpc) is 1.81. The highest BCUT2D eigenvalue weighted by Crippen LogP contribution is 2.21. The zero-order chi connectivity index (χ0) is 10.6. The van der Waals surface area contributed by atoms with E-state index < -0.39 is 0 Å². The Morgan fingerprint density at radius 1 is 1.23 bits per heavy atom. The van der Waals surface area contributed by atoms with Gasteiger partial charge in [-0.3, -0.25) is 4.79 Å². The molecule has 0 radical (unpaired) electrons. The maximum absolute atomic E-state index is 11.3. The molecule has 0 amide bonds. The molecule has 0 aromatic heterocycles. The lowest BCUT2D eigenvalue weighted by molar-refractivity contribution is -0.161. The second-order valence-electron chi connectivity index (χ2n) is 4.93. The minimum absolute atomic E-state index is 0.0357. The van der Waals surface area contributed by atoms with Crippen molar-refractivity contribution in [3.8, 4) is 0 Å². The summed E-state index contributed by atoms with van der Waals surface area (Å²) in [6.07, 6.45) is 0.908. The van der Waals surface area contributed by atoms with Crippen LogP contribution < -0.4 is 0 Å². The van der Waals surface area contributed by atoms with E-state index in [9.17, 15) is 4.79 Å². The molecule has 0 bridgehead atoms. The Kier molecular flexibility index (Phi) is 4.45. The molecular formula is C11H22O2. The lowest BCUT2D eigenvalue weighted by Gasteiger charge is -2.27. The summed E-state index contributed by atoms with van der Waals surface area (Å²) in [5.41, 5.74) is -0.324. The fourth-order valence-corrected chi connectivity index (χ4v) is 1.41. The smallest absolute Gasteiger partial charge is 0.308 e. The molecule has 0 saturated carbocycles. The molecule has 0 heterocycles. The van der Waals surface area contributed by atoms with Crippen LogP contribution in [0.15, 0.2) is 0 Å². The molecule has 0 saturated heterocycles. The van der Waals surface area contributed by atoms with E-state index in [1.165, 1.54) is 0 Å². The van der Waals surface area contributed by atoms with Crippen molar-refractivity contribution >= 4 is 5.97 Å². The fraction of sp³-hybridized carbons (Fsp3) is 0.909. The van der Waals surface area contributed by atoms with Gasteiger partial charge in [-0.05, 0) is 26.2 Å². The highest BCUT2D eigenvalue weighted by Gasteiger charge is 2.25. The van der Waals surface area contributed by atoms with Gasteiger partial charge in [0, 0.05) is 0 Å². The van der Waals surface area contributed by atoms with E-state index in [1.54, 1.807) is 0 Å². The van der Waals surface area contributed by atoms with Crippen LogP contribution >= 0.6 is 0 Å². The van der Waals surface area contributed by atoms with Gasteiger partial charge in [0.1, 0.15) is 5.60 Å². The zero-order valence-electron chi connectivity index (χ0n) is 9.68. The third-order valence-electron chi connectivity index (χ3n) is 1.75. The molecule has 0 fully saturated rings. The van der Waals surface area contributed by atoms with Gasteiger partial charge >= 0.3 is 5.97 Å². The Labute approximate surface area is 81.7 Å². The van der Waals surface area contributed by atoms with Crippen molar-refractivity contribution in [3.63, 3.8) is 0 Å². The largest absolute Gasteiger partial charge is 0.459 e. The molecule has 0 aliphatic carbocycles.